The maximum Gasteiger partial charge on any atom is 0.265 e. The second-order valence-electron chi connectivity index (χ2n) is 8.64. The second kappa shape index (κ2) is 8.78. The molecule has 1 aliphatic heterocycles. The molecule has 36 heavy (non-hydrogen) atoms. The molecule has 3 aromatic carbocycles. The number of rotatable bonds is 4. The highest BCUT2D eigenvalue weighted by atomic mass is 35.5. The number of hydrogen-bond acceptors (Lipinski definition) is 6. The molecule has 0 aliphatic carbocycles. The molecule has 2 aromatic heterocycles. The van der Waals surface area contributed by atoms with Crippen LogP contribution in [0.25, 0.3) is 28.2 Å². The van der Waals surface area contributed by atoms with Crippen LogP contribution >= 0.6 is 11.6 Å². The van der Waals surface area contributed by atoms with Crippen molar-refractivity contribution in [3.05, 3.63) is 111 Å². The Morgan fingerprint density at radius 2 is 1.58 bits per heavy atom. The predicted molar refractivity (Wildman–Crippen MR) is 141 cm³/mol. The van der Waals surface area contributed by atoms with E-state index >= 15 is 0 Å². The number of benzene rings is 3. The van der Waals surface area contributed by atoms with E-state index in [4.69, 9.17) is 21.1 Å². The molecule has 0 unspecified atom stereocenters. The second-order valence-corrected chi connectivity index (χ2v) is 9.07. The first-order valence-corrected chi connectivity index (χ1v) is 11.9. The Hall–Kier alpha value is -4.20. The molecule has 0 saturated heterocycles. The molecule has 8 heteroatoms. The Labute approximate surface area is 212 Å². The zero-order chi connectivity index (χ0) is 24.8. The van der Waals surface area contributed by atoms with Gasteiger partial charge in [-0.2, -0.15) is 0 Å². The molecule has 178 valence electrons. The Morgan fingerprint density at radius 1 is 0.889 bits per heavy atom. The summed E-state index contributed by atoms with van der Waals surface area (Å²) in [6.07, 6.45) is 0. The van der Waals surface area contributed by atoms with Gasteiger partial charge in [0.05, 0.1) is 22.6 Å². The van der Waals surface area contributed by atoms with E-state index in [0.29, 0.717) is 34.5 Å². The molecule has 0 radical (unpaired) electrons. The minimum Gasteiger partial charge on any atom is -0.361 e. The number of fused-ring (bicyclic) bond motifs is 1. The van der Waals surface area contributed by atoms with E-state index in [2.05, 4.69) is 10.6 Å². The number of aromatic nitrogens is 3. The molecular weight excluding hydrogens is 474 g/mol. The summed E-state index contributed by atoms with van der Waals surface area (Å²) < 4.78 is 6.99. The lowest BCUT2D eigenvalue weighted by Crippen LogP contribution is -2.27. The lowest BCUT2D eigenvalue weighted by molar-refractivity contribution is 0.393. The van der Waals surface area contributed by atoms with E-state index in [1.807, 2.05) is 85.6 Å². The number of nitrogens with zero attached hydrogens (tertiary/aromatic N) is 4. The third kappa shape index (κ3) is 3.69. The van der Waals surface area contributed by atoms with E-state index in [1.54, 1.807) is 16.7 Å². The third-order valence-electron chi connectivity index (χ3n) is 6.34. The number of halogens is 1. The number of aryl methyl sites for hydroxylation is 2. The van der Waals surface area contributed by atoms with Gasteiger partial charge in [-0.15, -0.1) is 0 Å². The molecule has 5 aromatic rings. The standard InChI is InChI=1S/C28H22ClN5O2/c1-17-25(18(2)36-32-17)19-8-10-20(11-9-19)26-31-27-24(16-30-34(27)23-6-4-3-5-7-23)28(35)33(26)22-14-12-21(29)13-15-22/h3-15,30H,16H2,1-2H3. The molecule has 0 bridgehead atoms. The van der Waals surface area contributed by atoms with Gasteiger partial charge in [0.2, 0.25) is 0 Å². The van der Waals surface area contributed by atoms with Crippen LogP contribution in [-0.2, 0) is 6.54 Å². The maximum atomic E-state index is 13.9. The van der Waals surface area contributed by atoms with Gasteiger partial charge < -0.3 is 4.52 Å². The molecule has 0 saturated carbocycles. The first-order valence-electron chi connectivity index (χ1n) is 11.6. The van der Waals surface area contributed by atoms with Crippen molar-refractivity contribution in [2.45, 2.75) is 20.4 Å². The molecule has 0 atom stereocenters. The van der Waals surface area contributed by atoms with Crippen molar-refractivity contribution in [1.29, 1.82) is 0 Å². The van der Waals surface area contributed by atoms with Crippen molar-refractivity contribution in [2.24, 2.45) is 0 Å². The normalized spacial score (nSPS) is 12.7. The van der Waals surface area contributed by atoms with E-state index in [9.17, 15) is 4.79 Å². The van der Waals surface area contributed by atoms with Crippen molar-refractivity contribution in [1.82, 2.24) is 20.1 Å². The van der Waals surface area contributed by atoms with Crippen molar-refractivity contribution >= 4 is 23.1 Å². The largest absolute Gasteiger partial charge is 0.361 e. The molecule has 6 rings (SSSR count). The number of anilines is 2. The monoisotopic (exact) mass is 495 g/mol. The molecule has 0 amide bonds. The van der Waals surface area contributed by atoms with Crippen LogP contribution in [-0.4, -0.2) is 14.7 Å². The number of nitrogens with one attached hydrogen (secondary N) is 1. The molecule has 0 spiro atoms. The van der Waals surface area contributed by atoms with Gasteiger partial charge in [0.25, 0.3) is 5.56 Å². The summed E-state index contributed by atoms with van der Waals surface area (Å²) in [5.41, 5.74) is 8.98. The summed E-state index contributed by atoms with van der Waals surface area (Å²) >= 11 is 6.14. The van der Waals surface area contributed by atoms with Crippen LogP contribution in [0.4, 0.5) is 11.5 Å². The zero-order valence-electron chi connectivity index (χ0n) is 19.7. The van der Waals surface area contributed by atoms with Crippen LogP contribution in [0.1, 0.15) is 17.0 Å². The van der Waals surface area contributed by atoms with Gasteiger partial charge in [-0.25, -0.2) is 10.4 Å². The Balaban J connectivity index is 1.54. The zero-order valence-corrected chi connectivity index (χ0v) is 20.5. The van der Waals surface area contributed by atoms with Crippen molar-refractivity contribution in [3.8, 4) is 28.2 Å². The number of hydrogen-bond donors (Lipinski definition) is 1. The molecule has 1 aliphatic rings. The van der Waals surface area contributed by atoms with Gasteiger partial charge in [0.15, 0.2) is 5.82 Å². The predicted octanol–water partition coefficient (Wildman–Crippen LogP) is 5.98. The third-order valence-corrected chi connectivity index (χ3v) is 6.60. The lowest BCUT2D eigenvalue weighted by Gasteiger charge is -2.20. The first kappa shape index (κ1) is 22.3. The van der Waals surface area contributed by atoms with Gasteiger partial charge in [-0.1, -0.05) is 59.2 Å². The SMILES string of the molecule is Cc1noc(C)c1-c1ccc(-c2nc3c(c(=O)n2-c2ccc(Cl)cc2)CNN3c2ccccc2)cc1. The summed E-state index contributed by atoms with van der Waals surface area (Å²) in [6.45, 7) is 4.20. The highest BCUT2D eigenvalue weighted by Gasteiger charge is 2.28. The lowest BCUT2D eigenvalue weighted by atomic mass is 10.0. The summed E-state index contributed by atoms with van der Waals surface area (Å²) in [4.78, 5) is 18.9. The van der Waals surface area contributed by atoms with Crippen LogP contribution in [0.5, 0.6) is 0 Å². The molecule has 7 nitrogen and oxygen atoms in total. The van der Waals surface area contributed by atoms with Crippen LogP contribution in [0.15, 0.2) is 88.2 Å². The summed E-state index contributed by atoms with van der Waals surface area (Å²) in [6, 6.07) is 25.0. The van der Waals surface area contributed by atoms with Crippen LogP contribution in [0.3, 0.4) is 0 Å². The highest BCUT2D eigenvalue weighted by molar-refractivity contribution is 6.30. The minimum absolute atomic E-state index is 0.127. The Kier molecular flexibility index (Phi) is 5.44. The fourth-order valence-corrected chi connectivity index (χ4v) is 4.74. The van der Waals surface area contributed by atoms with Crippen LogP contribution in [0, 0.1) is 13.8 Å². The topological polar surface area (TPSA) is 76.2 Å². The Bertz CT molecular complexity index is 1600. The first-order chi connectivity index (χ1) is 17.5. The van der Waals surface area contributed by atoms with Crippen LogP contribution < -0.4 is 16.0 Å². The minimum atomic E-state index is -0.127. The smallest absolute Gasteiger partial charge is 0.265 e. The van der Waals surface area contributed by atoms with E-state index in [0.717, 1.165) is 33.8 Å². The van der Waals surface area contributed by atoms with Crippen molar-refractivity contribution < 1.29 is 4.52 Å². The van der Waals surface area contributed by atoms with Gasteiger partial charge in [-0.05, 0) is 55.8 Å². The molecule has 1 N–H and O–H groups in total. The van der Waals surface area contributed by atoms with Crippen molar-refractivity contribution in [2.75, 3.05) is 5.01 Å². The van der Waals surface area contributed by atoms with E-state index < -0.39 is 0 Å². The highest BCUT2D eigenvalue weighted by Crippen LogP contribution is 2.33. The fraction of sp³-hybridized carbons (Fsp3) is 0.107. The number of para-hydroxylation sites is 1. The van der Waals surface area contributed by atoms with Crippen LogP contribution in [0.2, 0.25) is 5.02 Å². The maximum absolute atomic E-state index is 13.9. The van der Waals surface area contributed by atoms with Crippen molar-refractivity contribution in [3.63, 3.8) is 0 Å². The molecule has 3 heterocycles. The molecular formula is C28H22ClN5O2. The van der Waals surface area contributed by atoms with E-state index in [-0.39, 0.29) is 5.56 Å². The van der Waals surface area contributed by atoms with Gasteiger partial charge >= 0.3 is 0 Å². The Morgan fingerprint density at radius 3 is 2.25 bits per heavy atom. The number of hydrazine groups is 1. The molecule has 0 fully saturated rings. The van der Waals surface area contributed by atoms with Gasteiger partial charge in [-0.3, -0.25) is 14.4 Å². The average molecular weight is 496 g/mol. The summed E-state index contributed by atoms with van der Waals surface area (Å²) in [7, 11) is 0. The fourth-order valence-electron chi connectivity index (χ4n) is 4.61. The summed E-state index contributed by atoms with van der Waals surface area (Å²) in [5, 5.41) is 6.53. The van der Waals surface area contributed by atoms with Gasteiger partial charge in [0.1, 0.15) is 11.6 Å². The average Bonchev–Trinajstić information content (AvgIpc) is 3.48. The quantitative estimate of drug-likeness (QED) is 0.330. The summed E-state index contributed by atoms with van der Waals surface area (Å²) in [5.74, 6) is 1.90. The van der Waals surface area contributed by atoms with Gasteiger partial charge in [0, 0.05) is 22.7 Å². The van der Waals surface area contributed by atoms with E-state index in [1.165, 1.54) is 0 Å².